The fourth-order valence-electron chi connectivity index (χ4n) is 0.654. The minimum absolute atomic E-state index is 1.04. The zero-order valence-corrected chi connectivity index (χ0v) is 5.30. The third-order valence-electron chi connectivity index (χ3n) is 1.22. The molecule has 0 fully saturated rings. The van der Waals surface area contributed by atoms with Crippen molar-refractivity contribution < 1.29 is 5.73 Å². The molecule has 0 saturated carbocycles. The lowest BCUT2D eigenvalue weighted by atomic mass is 10.2. The highest BCUT2D eigenvalue weighted by molar-refractivity contribution is 5.49. The van der Waals surface area contributed by atoms with Gasteiger partial charge in [-0.2, -0.15) is 0 Å². The van der Waals surface area contributed by atoms with E-state index in [9.17, 15) is 0 Å². The van der Waals surface area contributed by atoms with Crippen molar-refractivity contribution in [2.75, 3.05) is 0 Å². The number of hydrogen-bond donors (Lipinski definition) is 1. The Morgan fingerprint density at radius 2 is 1.78 bits per heavy atom. The molecule has 46 valence electrons. The first kappa shape index (κ1) is 6.05. The largest absolute Gasteiger partial charge is 0.325 e. The molecule has 0 aliphatic rings. The van der Waals surface area contributed by atoms with Crippen LogP contribution < -0.4 is 5.73 Å². The molecule has 0 aliphatic carbocycles. The number of hydrogen-bond acceptors (Lipinski definition) is 0. The minimum atomic E-state index is 1.04. The van der Waals surface area contributed by atoms with Crippen LogP contribution in [0.2, 0.25) is 0 Å². The van der Waals surface area contributed by atoms with Crippen LogP contribution in [0.1, 0.15) is 5.56 Å². The fourth-order valence-corrected chi connectivity index (χ4v) is 0.654. The summed E-state index contributed by atoms with van der Waals surface area (Å²) in [7, 11) is 0. The van der Waals surface area contributed by atoms with Crippen LogP contribution in [-0.4, -0.2) is 0 Å². The van der Waals surface area contributed by atoms with Gasteiger partial charge in [0, 0.05) is 0 Å². The molecule has 0 aromatic heterocycles. The first-order chi connectivity index (χ1) is 4.33. The molecular weight excluding hydrogens is 110 g/mol. The Morgan fingerprint density at radius 3 is 2.22 bits per heavy atom. The number of quaternary nitrogens is 1. The van der Waals surface area contributed by atoms with Gasteiger partial charge in [0.15, 0.2) is 0 Å². The van der Waals surface area contributed by atoms with Crippen LogP contribution >= 0.6 is 0 Å². The Morgan fingerprint density at radius 1 is 1.22 bits per heavy atom. The molecule has 1 nitrogen and oxygen atoms in total. The van der Waals surface area contributed by atoms with Gasteiger partial charge in [0.1, 0.15) is 5.69 Å². The molecule has 0 heterocycles. The molecule has 3 N–H and O–H groups in total. The van der Waals surface area contributed by atoms with Gasteiger partial charge in [-0.1, -0.05) is 12.7 Å². The van der Waals surface area contributed by atoms with Crippen molar-refractivity contribution in [2.24, 2.45) is 0 Å². The zero-order chi connectivity index (χ0) is 6.69. The van der Waals surface area contributed by atoms with E-state index in [1.165, 1.54) is 0 Å². The Bertz CT molecular complexity index is 198. The number of benzene rings is 1. The molecule has 0 spiro atoms. The van der Waals surface area contributed by atoms with E-state index in [1.54, 1.807) is 0 Å². The second-order valence-corrected chi connectivity index (χ2v) is 1.95. The molecular formula is C8H10N+. The molecule has 1 rings (SSSR count). The van der Waals surface area contributed by atoms with Crippen LogP contribution in [0.4, 0.5) is 5.69 Å². The molecule has 9 heavy (non-hydrogen) atoms. The highest BCUT2D eigenvalue weighted by Gasteiger charge is 1.85. The Balaban J connectivity index is 3.01. The van der Waals surface area contributed by atoms with Gasteiger partial charge in [0.05, 0.1) is 0 Å². The third kappa shape index (κ3) is 1.40. The lowest BCUT2D eigenvalue weighted by Gasteiger charge is -1.88. The van der Waals surface area contributed by atoms with Crippen LogP contribution in [0.3, 0.4) is 0 Å². The van der Waals surface area contributed by atoms with Crippen LogP contribution in [0.25, 0.3) is 6.08 Å². The van der Waals surface area contributed by atoms with Crippen molar-refractivity contribution in [3.63, 3.8) is 0 Å². The van der Waals surface area contributed by atoms with E-state index in [2.05, 4.69) is 12.3 Å². The second-order valence-electron chi connectivity index (χ2n) is 1.95. The van der Waals surface area contributed by atoms with E-state index in [0.29, 0.717) is 0 Å². The first-order valence-electron chi connectivity index (χ1n) is 2.87. The topological polar surface area (TPSA) is 27.6 Å². The Kier molecular flexibility index (Phi) is 1.66. The summed E-state index contributed by atoms with van der Waals surface area (Å²) < 4.78 is 0. The predicted octanol–water partition coefficient (Wildman–Crippen LogP) is 1.20. The lowest BCUT2D eigenvalue weighted by molar-refractivity contribution is -0.254. The Labute approximate surface area is 54.8 Å². The van der Waals surface area contributed by atoms with Crippen molar-refractivity contribution in [1.29, 1.82) is 0 Å². The average Bonchev–Trinajstić information content (AvgIpc) is 1.90. The number of rotatable bonds is 1. The van der Waals surface area contributed by atoms with Gasteiger partial charge < -0.3 is 5.73 Å². The maximum atomic E-state index is 3.76. The van der Waals surface area contributed by atoms with Crippen molar-refractivity contribution in [1.82, 2.24) is 0 Å². The van der Waals surface area contributed by atoms with E-state index >= 15 is 0 Å². The Hall–Kier alpha value is -1.08. The SMILES string of the molecule is C=Cc1ccc([NH3+])cc1. The molecule has 1 heteroatoms. The highest BCUT2D eigenvalue weighted by atomic mass is 14.5. The van der Waals surface area contributed by atoms with Crippen LogP contribution in [0.15, 0.2) is 30.8 Å². The molecule has 1 aromatic carbocycles. The maximum absolute atomic E-state index is 3.76. The molecule has 0 unspecified atom stereocenters. The van der Waals surface area contributed by atoms with Crippen molar-refractivity contribution in [3.05, 3.63) is 36.4 Å². The van der Waals surface area contributed by atoms with Gasteiger partial charge in [0.25, 0.3) is 0 Å². The van der Waals surface area contributed by atoms with E-state index < -0.39 is 0 Å². The van der Waals surface area contributed by atoms with Crippen molar-refractivity contribution in [2.45, 2.75) is 0 Å². The summed E-state index contributed by atoms with van der Waals surface area (Å²) in [4.78, 5) is 0. The molecule has 0 bridgehead atoms. The normalized spacial score (nSPS) is 9.00. The second kappa shape index (κ2) is 2.46. The van der Waals surface area contributed by atoms with Gasteiger partial charge >= 0.3 is 0 Å². The third-order valence-corrected chi connectivity index (χ3v) is 1.22. The van der Waals surface area contributed by atoms with Crippen LogP contribution in [0.5, 0.6) is 0 Å². The molecule has 0 saturated heterocycles. The quantitative estimate of drug-likeness (QED) is 0.576. The van der Waals surface area contributed by atoms with Crippen molar-refractivity contribution in [3.8, 4) is 0 Å². The molecule has 0 radical (unpaired) electrons. The van der Waals surface area contributed by atoms with E-state index in [-0.39, 0.29) is 0 Å². The van der Waals surface area contributed by atoms with Gasteiger partial charge in [0.2, 0.25) is 0 Å². The zero-order valence-electron chi connectivity index (χ0n) is 5.30. The summed E-state index contributed by atoms with van der Waals surface area (Å²) in [5.74, 6) is 0. The minimum Gasteiger partial charge on any atom is -0.325 e. The molecule has 1 aromatic rings. The van der Waals surface area contributed by atoms with Gasteiger partial charge in [-0.3, -0.25) is 0 Å². The van der Waals surface area contributed by atoms with E-state index in [1.807, 2.05) is 30.3 Å². The first-order valence-corrected chi connectivity index (χ1v) is 2.87. The highest BCUT2D eigenvalue weighted by Crippen LogP contribution is 2.03. The monoisotopic (exact) mass is 120 g/mol. The van der Waals surface area contributed by atoms with Gasteiger partial charge in [-0.25, -0.2) is 0 Å². The average molecular weight is 120 g/mol. The summed E-state index contributed by atoms with van der Waals surface area (Å²) in [5, 5.41) is 0. The molecule has 0 aliphatic heterocycles. The summed E-state index contributed by atoms with van der Waals surface area (Å²) in [6.45, 7) is 3.64. The van der Waals surface area contributed by atoms with Gasteiger partial charge in [-0.15, -0.1) is 0 Å². The fraction of sp³-hybridized carbons (Fsp3) is 0. The summed E-state index contributed by atoms with van der Waals surface area (Å²) in [6.07, 6.45) is 1.82. The standard InChI is InChI=1S/C8H9N/c1-2-7-3-5-8(9)6-4-7/h2-6H,1,9H2/p+1. The molecule has 0 atom stereocenters. The van der Waals surface area contributed by atoms with Crippen molar-refractivity contribution >= 4 is 11.8 Å². The maximum Gasteiger partial charge on any atom is 0.127 e. The molecule has 0 amide bonds. The summed E-state index contributed by atoms with van der Waals surface area (Å²) in [6, 6.07) is 7.93. The predicted molar refractivity (Wildman–Crippen MR) is 39.1 cm³/mol. The van der Waals surface area contributed by atoms with Gasteiger partial charge in [-0.05, 0) is 29.8 Å². The summed E-state index contributed by atoms with van der Waals surface area (Å²) in [5.41, 5.74) is 5.94. The van der Waals surface area contributed by atoms with Crippen LogP contribution in [-0.2, 0) is 0 Å². The van der Waals surface area contributed by atoms with E-state index in [4.69, 9.17) is 0 Å². The smallest absolute Gasteiger partial charge is 0.127 e. The van der Waals surface area contributed by atoms with Crippen LogP contribution in [0, 0.1) is 0 Å². The van der Waals surface area contributed by atoms with E-state index in [0.717, 1.165) is 11.3 Å². The lowest BCUT2D eigenvalue weighted by Crippen LogP contribution is -2.39. The summed E-state index contributed by atoms with van der Waals surface area (Å²) >= 11 is 0.